The van der Waals surface area contributed by atoms with Crippen molar-refractivity contribution in [2.75, 3.05) is 5.75 Å². The number of carbonyl (C=O) groups is 1. The molecule has 0 aromatic carbocycles. The molecule has 0 saturated heterocycles. The predicted molar refractivity (Wildman–Crippen MR) is 51.0 cm³/mol. The molecule has 1 heterocycles. The Bertz CT molecular complexity index is 274. The maximum atomic E-state index is 10.5. The highest BCUT2D eigenvalue weighted by Gasteiger charge is 2.01. The molecule has 1 aromatic heterocycles. The number of oxazole rings is 1. The van der Waals surface area contributed by atoms with E-state index in [1.54, 1.807) is 13.1 Å². The zero-order valence-electron chi connectivity index (χ0n) is 6.54. The molecule has 0 aliphatic heterocycles. The fraction of sp³-hybridized carbons (Fsp3) is 0.429. The molecule has 0 aliphatic carbocycles. The highest BCUT2D eigenvalue weighted by atomic mass is 79.9. The van der Waals surface area contributed by atoms with Crippen molar-refractivity contribution < 1.29 is 9.21 Å². The molecular formula is C7H8BrNO2S. The Morgan fingerprint density at radius 1 is 1.83 bits per heavy atom. The lowest BCUT2D eigenvalue weighted by Gasteiger charge is -1.92. The lowest BCUT2D eigenvalue weighted by atomic mass is 10.4. The second kappa shape index (κ2) is 4.67. The summed E-state index contributed by atoms with van der Waals surface area (Å²) in [6.45, 7) is 1.56. The van der Waals surface area contributed by atoms with Crippen LogP contribution in [0.2, 0.25) is 0 Å². The van der Waals surface area contributed by atoms with Gasteiger partial charge in [0.15, 0.2) is 5.12 Å². The number of halogens is 1. The van der Waals surface area contributed by atoms with Gasteiger partial charge < -0.3 is 4.42 Å². The first-order chi connectivity index (χ1) is 5.68. The van der Waals surface area contributed by atoms with E-state index in [0.29, 0.717) is 4.80 Å². The topological polar surface area (TPSA) is 43.1 Å². The first kappa shape index (κ1) is 9.80. The zero-order valence-corrected chi connectivity index (χ0v) is 8.94. The number of aryl methyl sites for hydroxylation is 1. The van der Waals surface area contributed by atoms with Crippen LogP contribution in [-0.4, -0.2) is 15.9 Å². The van der Waals surface area contributed by atoms with Gasteiger partial charge in [-0.2, -0.15) is 0 Å². The molecule has 0 unspecified atom stereocenters. The quantitative estimate of drug-likeness (QED) is 0.825. The molecule has 12 heavy (non-hydrogen) atoms. The monoisotopic (exact) mass is 249 g/mol. The molecule has 1 aromatic rings. The zero-order chi connectivity index (χ0) is 8.97. The summed E-state index contributed by atoms with van der Waals surface area (Å²) in [7, 11) is 0. The molecular weight excluding hydrogens is 242 g/mol. The molecule has 0 atom stereocenters. The molecule has 0 N–H and O–H groups in total. The van der Waals surface area contributed by atoms with Crippen LogP contribution in [0, 0.1) is 0 Å². The van der Waals surface area contributed by atoms with Crippen molar-refractivity contribution in [1.82, 2.24) is 4.98 Å². The van der Waals surface area contributed by atoms with Gasteiger partial charge in [-0.05, 0) is 0 Å². The highest BCUT2D eigenvalue weighted by molar-refractivity contribution is 9.10. The lowest BCUT2D eigenvalue weighted by molar-refractivity contribution is -0.109. The molecule has 0 radical (unpaired) electrons. The van der Waals surface area contributed by atoms with Crippen molar-refractivity contribution in [3.8, 4) is 0 Å². The first-order valence-electron chi connectivity index (χ1n) is 3.42. The Kier molecular flexibility index (Phi) is 3.81. The number of nitrogens with zero attached hydrogens (tertiary/aromatic N) is 1. The van der Waals surface area contributed by atoms with E-state index in [-0.39, 0.29) is 5.12 Å². The lowest BCUT2D eigenvalue weighted by Crippen LogP contribution is -1.89. The average molecular weight is 250 g/mol. The summed E-state index contributed by atoms with van der Waals surface area (Å²) in [5.41, 5.74) is 0. The van der Waals surface area contributed by atoms with E-state index in [2.05, 4.69) is 20.9 Å². The van der Waals surface area contributed by atoms with E-state index in [1.807, 2.05) is 0 Å². The van der Waals surface area contributed by atoms with Crippen LogP contribution in [0.1, 0.15) is 12.7 Å². The standard InChI is InChI=1S/C7H8BrNO2S/c1-5(10)12-3-2-6-4-9-7(8)11-6/h4H,2-3H2,1H3. The van der Waals surface area contributed by atoms with Crippen molar-refractivity contribution in [3.05, 3.63) is 16.8 Å². The summed E-state index contributed by atoms with van der Waals surface area (Å²) >= 11 is 4.39. The summed E-state index contributed by atoms with van der Waals surface area (Å²) in [5.74, 6) is 1.55. The van der Waals surface area contributed by atoms with E-state index < -0.39 is 0 Å². The minimum atomic E-state index is 0.133. The van der Waals surface area contributed by atoms with Gasteiger partial charge in [-0.1, -0.05) is 11.8 Å². The minimum Gasteiger partial charge on any atom is -0.436 e. The van der Waals surface area contributed by atoms with Crippen LogP contribution in [0.25, 0.3) is 0 Å². The van der Waals surface area contributed by atoms with Crippen molar-refractivity contribution in [3.63, 3.8) is 0 Å². The number of aromatic nitrogens is 1. The van der Waals surface area contributed by atoms with Gasteiger partial charge in [-0.15, -0.1) is 0 Å². The second-order valence-electron chi connectivity index (χ2n) is 2.17. The molecule has 0 saturated carbocycles. The van der Waals surface area contributed by atoms with E-state index in [4.69, 9.17) is 4.42 Å². The normalized spacial score (nSPS) is 10.2. The van der Waals surface area contributed by atoms with Gasteiger partial charge in [-0.3, -0.25) is 4.79 Å². The Balaban J connectivity index is 2.29. The van der Waals surface area contributed by atoms with Crippen LogP contribution in [-0.2, 0) is 11.2 Å². The fourth-order valence-corrected chi connectivity index (χ4v) is 1.60. The summed E-state index contributed by atoms with van der Waals surface area (Å²) in [6, 6.07) is 0. The highest BCUT2D eigenvalue weighted by Crippen LogP contribution is 2.12. The largest absolute Gasteiger partial charge is 0.436 e. The maximum Gasteiger partial charge on any atom is 0.264 e. The summed E-state index contributed by atoms with van der Waals surface area (Å²) < 4.78 is 5.15. The Labute approximate surface area is 83.1 Å². The fourth-order valence-electron chi connectivity index (χ4n) is 0.695. The first-order valence-corrected chi connectivity index (χ1v) is 5.20. The minimum absolute atomic E-state index is 0.133. The van der Waals surface area contributed by atoms with E-state index in [9.17, 15) is 4.79 Å². The van der Waals surface area contributed by atoms with Crippen LogP contribution >= 0.6 is 27.7 Å². The Hall–Kier alpha value is -0.290. The number of rotatable bonds is 3. The number of hydrogen-bond acceptors (Lipinski definition) is 4. The molecule has 0 fully saturated rings. The Morgan fingerprint density at radius 3 is 3.08 bits per heavy atom. The summed E-state index contributed by atoms with van der Waals surface area (Å²) in [6.07, 6.45) is 2.40. The maximum absolute atomic E-state index is 10.5. The predicted octanol–water partition coefficient (Wildman–Crippen LogP) is 2.26. The number of carbonyl (C=O) groups excluding carboxylic acids is 1. The van der Waals surface area contributed by atoms with Gasteiger partial charge in [0.1, 0.15) is 5.76 Å². The van der Waals surface area contributed by atoms with Gasteiger partial charge in [-0.25, -0.2) is 4.98 Å². The third-order valence-corrected chi connectivity index (χ3v) is 2.36. The van der Waals surface area contributed by atoms with Crippen LogP contribution < -0.4 is 0 Å². The molecule has 66 valence electrons. The Morgan fingerprint density at radius 2 is 2.58 bits per heavy atom. The van der Waals surface area contributed by atoms with Crippen LogP contribution in [0.3, 0.4) is 0 Å². The van der Waals surface area contributed by atoms with Gasteiger partial charge >= 0.3 is 0 Å². The van der Waals surface area contributed by atoms with Crippen LogP contribution in [0.5, 0.6) is 0 Å². The van der Waals surface area contributed by atoms with E-state index in [1.165, 1.54) is 11.8 Å². The number of hydrogen-bond donors (Lipinski definition) is 0. The third kappa shape index (κ3) is 3.40. The van der Waals surface area contributed by atoms with Gasteiger partial charge in [0.2, 0.25) is 0 Å². The summed E-state index contributed by atoms with van der Waals surface area (Å²) in [4.78, 5) is 14.9. The van der Waals surface area contributed by atoms with Gasteiger partial charge in [0.05, 0.1) is 6.20 Å². The van der Waals surface area contributed by atoms with Crippen molar-refractivity contribution >= 4 is 32.8 Å². The average Bonchev–Trinajstić information content (AvgIpc) is 2.35. The molecule has 0 aliphatic rings. The van der Waals surface area contributed by atoms with Crippen LogP contribution in [0.15, 0.2) is 15.4 Å². The molecule has 0 bridgehead atoms. The van der Waals surface area contributed by atoms with E-state index >= 15 is 0 Å². The van der Waals surface area contributed by atoms with Gasteiger partial charge in [0.25, 0.3) is 4.80 Å². The number of thioether (sulfide) groups is 1. The molecule has 5 heteroatoms. The third-order valence-electron chi connectivity index (χ3n) is 1.18. The van der Waals surface area contributed by atoms with Crippen LogP contribution in [0.4, 0.5) is 0 Å². The van der Waals surface area contributed by atoms with E-state index in [0.717, 1.165) is 17.9 Å². The second-order valence-corrected chi connectivity index (χ2v) is 4.12. The molecule has 1 rings (SSSR count). The summed E-state index contributed by atoms with van der Waals surface area (Å²) in [5, 5.41) is 0.133. The smallest absolute Gasteiger partial charge is 0.264 e. The van der Waals surface area contributed by atoms with Crippen molar-refractivity contribution in [2.45, 2.75) is 13.3 Å². The molecule has 0 spiro atoms. The van der Waals surface area contributed by atoms with Crippen molar-refractivity contribution in [1.29, 1.82) is 0 Å². The molecule has 0 amide bonds. The van der Waals surface area contributed by atoms with Crippen molar-refractivity contribution in [2.24, 2.45) is 0 Å². The van der Waals surface area contributed by atoms with Gasteiger partial charge in [0, 0.05) is 35.0 Å². The molecule has 3 nitrogen and oxygen atoms in total. The SMILES string of the molecule is CC(=O)SCCc1cnc(Br)o1.